The van der Waals surface area contributed by atoms with Gasteiger partial charge in [-0.1, -0.05) is 12.1 Å². The predicted octanol–water partition coefficient (Wildman–Crippen LogP) is 3.82. The number of pyridine rings is 1. The van der Waals surface area contributed by atoms with Crippen molar-refractivity contribution in [2.24, 2.45) is 0 Å². The van der Waals surface area contributed by atoms with Crippen LogP contribution in [0.2, 0.25) is 0 Å². The maximum absolute atomic E-state index is 13.0. The number of hydrogen-bond acceptors (Lipinski definition) is 7. The molecule has 2 aromatic carbocycles. The van der Waals surface area contributed by atoms with E-state index >= 15 is 0 Å². The van der Waals surface area contributed by atoms with E-state index in [1.807, 2.05) is 24.3 Å². The molecule has 0 bridgehead atoms. The average molecular weight is 572 g/mol. The Bertz CT molecular complexity index is 1380. The minimum Gasteiger partial charge on any atom is -0.508 e. The number of amides is 3. The molecule has 0 spiro atoms. The number of phenolic OH excluding ortho intramolecular Hbond substituents is 1. The van der Waals surface area contributed by atoms with Crippen LogP contribution in [0.25, 0.3) is 0 Å². The van der Waals surface area contributed by atoms with Crippen LogP contribution in [-0.2, 0) is 11.3 Å². The summed E-state index contributed by atoms with van der Waals surface area (Å²) in [5, 5.41) is 15.5. The quantitative estimate of drug-likeness (QED) is 0.376. The van der Waals surface area contributed by atoms with E-state index in [1.165, 1.54) is 13.1 Å². The van der Waals surface area contributed by atoms with E-state index in [0.29, 0.717) is 42.9 Å². The number of nitrogens with one attached hydrogen (secondary N) is 2. The first-order chi connectivity index (χ1) is 20.3. The van der Waals surface area contributed by atoms with Crippen LogP contribution in [0.4, 0.5) is 5.69 Å². The van der Waals surface area contributed by atoms with E-state index in [4.69, 9.17) is 4.74 Å². The standard InChI is InChI=1S/C32H37N5O5/c1-22(38)34-25-6-8-28(9-7-25)42-29-13-17-37(18-14-29)32(41)30-10-5-24(20-33-30)31(40)35-26-11-15-36(16-12-26)21-23-3-2-4-27(39)19-23/h2-10,19-20,26,29,39H,11-18,21H2,1H3,(H,34,38)(H,35,40). The fourth-order valence-corrected chi connectivity index (χ4v) is 5.42. The Balaban J connectivity index is 1.04. The van der Waals surface area contributed by atoms with Crippen LogP contribution in [0.3, 0.4) is 0 Å². The van der Waals surface area contributed by atoms with Crippen molar-refractivity contribution >= 4 is 23.4 Å². The molecule has 3 N–H and O–H groups in total. The fraction of sp³-hybridized carbons (Fsp3) is 0.375. The van der Waals surface area contributed by atoms with Crippen molar-refractivity contribution in [1.82, 2.24) is 20.1 Å². The summed E-state index contributed by atoms with van der Waals surface area (Å²) in [4.78, 5) is 45.5. The zero-order valence-corrected chi connectivity index (χ0v) is 23.8. The first kappa shape index (κ1) is 29.1. The molecule has 10 heteroatoms. The Labute approximate surface area is 245 Å². The number of nitrogens with zero attached hydrogens (tertiary/aromatic N) is 3. The molecule has 42 heavy (non-hydrogen) atoms. The summed E-state index contributed by atoms with van der Waals surface area (Å²) in [6.07, 6.45) is 4.56. The van der Waals surface area contributed by atoms with Crippen LogP contribution in [0.1, 0.15) is 59.0 Å². The molecule has 3 amide bonds. The van der Waals surface area contributed by atoms with Crippen LogP contribution < -0.4 is 15.4 Å². The summed E-state index contributed by atoms with van der Waals surface area (Å²) in [6.45, 7) is 5.07. The normalized spacial score (nSPS) is 16.5. The molecular weight excluding hydrogens is 534 g/mol. The van der Waals surface area contributed by atoms with Gasteiger partial charge < -0.3 is 25.4 Å². The predicted molar refractivity (Wildman–Crippen MR) is 158 cm³/mol. The highest BCUT2D eigenvalue weighted by Crippen LogP contribution is 2.22. The van der Waals surface area contributed by atoms with E-state index in [2.05, 4.69) is 20.5 Å². The molecule has 0 unspecified atom stereocenters. The first-order valence-corrected chi connectivity index (χ1v) is 14.4. The molecule has 2 fully saturated rings. The Kier molecular flexibility index (Phi) is 9.33. The smallest absolute Gasteiger partial charge is 0.272 e. The number of likely N-dealkylation sites (tertiary alicyclic amines) is 2. The maximum atomic E-state index is 13.0. The lowest BCUT2D eigenvalue weighted by Crippen LogP contribution is -2.44. The summed E-state index contributed by atoms with van der Waals surface area (Å²) in [5.41, 5.74) is 2.54. The molecule has 5 rings (SSSR count). The van der Waals surface area contributed by atoms with Gasteiger partial charge >= 0.3 is 0 Å². The minimum atomic E-state index is -0.184. The minimum absolute atomic E-state index is 0.00157. The zero-order chi connectivity index (χ0) is 29.5. The van der Waals surface area contributed by atoms with Crippen LogP contribution in [-0.4, -0.2) is 75.9 Å². The zero-order valence-electron chi connectivity index (χ0n) is 23.8. The van der Waals surface area contributed by atoms with Crippen LogP contribution >= 0.6 is 0 Å². The van der Waals surface area contributed by atoms with Gasteiger partial charge in [0.25, 0.3) is 11.8 Å². The molecule has 3 aromatic rings. The van der Waals surface area contributed by atoms with Gasteiger partial charge in [-0.3, -0.25) is 24.3 Å². The molecular formula is C32H37N5O5. The number of phenols is 1. The Morgan fingerprint density at radius 2 is 1.69 bits per heavy atom. The maximum Gasteiger partial charge on any atom is 0.272 e. The van der Waals surface area contributed by atoms with Crippen molar-refractivity contribution in [1.29, 1.82) is 0 Å². The molecule has 0 atom stereocenters. The third-order valence-electron chi connectivity index (χ3n) is 7.69. The van der Waals surface area contributed by atoms with Gasteiger partial charge in [-0.05, 0) is 66.9 Å². The SMILES string of the molecule is CC(=O)Nc1ccc(OC2CCN(C(=O)c3ccc(C(=O)NC4CCN(Cc5cccc(O)c5)CC4)cn3)CC2)cc1. The summed E-state index contributed by atoms with van der Waals surface area (Å²) in [7, 11) is 0. The molecule has 0 aliphatic carbocycles. The highest BCUT2D eigenvalue weighted by molar-refractivity contribution is 5.96. The number of carbonyl (C=O) groups excluding carboxylic acids is 3. The summed E-state index contributed by atoms with van der Waals surface area (Å²) < 4.78 is 6.07. The van der Waals surface area contributed by atoms with E-state index in [9.17, 15) is 19.5 Å². The van der Waals surface area contributed by atoms with Gasteiger partial charge in [-0.25, -0.2) is 0 Å². The summed E-state index contributed by atoms with van der Waals surface area (Å²) >= 11 is 0. The van der Waals surface area contributed by atoms with Crippen molar-refractivity contribution < 1.29 is 24.2 Å². The Morgan fingerprint density at radius 1 is 0.952 bits per heavy atom. The van der Waals surface area contributed by atoms with E-state index < -0.39 is 0 Å². The van der Waals surface area contributed by atoms with E-state index in [-0.39, 0.29) is 35.6 Å². The number of rotatable bonds is 8. The molecule has 1 aromatic heterocycles. The monoisotopic (exact) mass is 571 g/mol. The lowest BCUT2D eigenvalue weighted by molar-refractivity contribution is -0.114. The van der Waals surface area contributed by atoms with Gasteiger partial charge in [0.05, 0.1) is 5.56 Å². The summed E-state index contributed by atoms with van der Waals surface area (Å²) in [6, 6.07) is 17.9. The van der Waals surface area contributed by atoms with E-state index in [0.717, 1.165) is 43.8 Å². The summed E-state index contributed by atoms with van der Waals surface area (Å²) in [5.74, 6) is 0.538. The van der Waals surface area contributed by atoms with Crippen LogP contribution in [0.15, 0.2) is 66.9 Å². The molecule has 2 saturated heterocycles. The lowest BCUT2D eigenvalue weighted by atomic mass is 10.0. The third-order valence-corrected chi connectivity index (χ3v) is 7.69. The van der Waals surface area contributed by atoms with E-state index in [1.54, 1.807) is 41.3 Å². The lowest BCUT2D eigenvalue weighted by Gasteiger charge is -2.32. The van der Waals surface area contributed by atoms with Crippen molar-refractivity contribution in [3.8, 4) is 11.5 Å². The topological polar surface area (TPSA) is 124 Å². The molecule has 2 aliphatic rings. The van der Waals surface area contributed by atoms with Gasteiger partial charge in [0, 0.05) is 70.4 Å². The van der Waals surface area contributed by atoms with Crippen LogP contribution in [0, 0.1) is 0 Å². The average Bonchev–Trinajstić information content (AvgIpc) is 2.99. The molecule has 10 nitrogen and oxygen atoms in total. The highest BCUT2D eigenvalue weighted by atomic mass is 16.5. The Morgan fingerprint density at radius 3 is 2.33 bits per heavy atom. The van der Waals surface area contributed by atoms with Gasteiger partial charge in [0.2, 0.25) is 5.91 Å². The second-order valence-corrected chi connectivity index (χ2v) is 10.9. The number of piperidine rings is 2. The number of ether oxygens (including phenoxy) is 1. The first-order valence-electron chi connectivity index (χ1n) is 14.4. The largest absolute Gasteiger partial charge is 0.508 e. The molecule has 220 valence electrons. The van der Waals surface area contributed by atoms with Gasteiger partial charge in [-0.2, -0.15) is 0 Å². The van der Waals surface area contributed by atoms with Gasteiger partial charge in [0.15, 0.2) is 0 Å². The number of aromatic nitrogens is 1. The molecule has 0 saturated carbocycles. The third kappa shape index (κ3) is 7.85. The number of benzene rings is 2. The van der Waals surface area contributed by atoms with Gasteiger partial charge in [0.1, 0.15) is 23.3 Å². The second-order valence-electron chi connectivity index (χ2n) is 10.9. The fourth-order valence-electron chi connectivity index (χ4n) is 5.42. The van der Waals surface area contributed by atoms with Gasteiger partial charge in [-0.15, -0.1) is 0 Å². The van der Waals surface area contributed by atoms with Crippen molar-refractivity contribution in [2.45, 2.75) is 51.3 Å². The number of carbonyl (C=O) groups is 3. The molecule has 2 aliphatic heterocycles. The van der Waals surface area contributed by atoms with Crippen molar-refractivity contribution in [3.05, 3.63) is 83.7 Å². The molecule has 3 heterocycles. The Hall–Kier alpha value is -4.44. The highest BCUT2D eigenvalue weighted by Gasteiger charge is 2.26. The number of anilines is 1. The van der Waals surface area contributed by atoms with Crippen molar-refractivity contribution in [3.63, 3.8) is 0 Å². The van der Waals surface area contributed by atoms with Crippen LogP contribution in [0.5, 0.6) is 11.5 Å². The number of aromatic hydroxyl groups is 1. The number of hydrogen-bond donors (Lipinski definition) is 3. The molecule has 0 radical (unpaired) electrons. The second kappa shape index (κ2) is 13.5. The van der Waals surface area contributed by atoms with Crippen molar-refractivity contribution in [2.75, 3.05) is 31.5 Å².